The van der Waals surface area contributed by atoms with Gasteiger partial charge in [0.1, 0.15) is 0 Å². The smallest absolute Gasteiger partial charge is 0.236 e. The van der Waals surface area contributed by atoms with Crippen molar-refractivity contribution >= 4 is 17.5 Å². The molecule has 1 aromatic heterocycles. The Morgan fingerprint density at radius 2 is 1.75 bits per heavy atom. The molecule has 7 nitrogen and oxygen atoms in total. The molecule has 4 rings (SSSR count). The van der Waals surface area contributed by atoms with E-state index in [1.54, 1.807) is 12.4 Å². The van der Waals surface area contributed by atoms with Crippen molar-refractivity contribution in [3.8, 4) is 0 Å². The number of nitrogens with zero attached hydrogens (tertiary/aromatic N) is 5. The predicted octanol–water partition coefficient (Wildman–Crippen LogP) is 1.70. The molecule has 2 saturated heterocycles. The van der Waals surface area contributed by atoms with E-state index in [2.05, 4.69) is 49.4 Å². The van der Waals surface area contributed by atoms with Gasteiger partial charge in [-0.2, -0.15) is 0 Å². The van der Waals surface area contributed by atoms with Crippen molar-refractivity contribution in [3.63, 3.8) is 0 Å². The minimum Gasteiger partial charge on any atom is -0.368 e. The first kappa shape index (κ1) is 18.7. The Kier molecular flexibility index (Phi) is 6.01. The quantitative estimate of drug-likeness (QED) is 0.852. The van der Waals surface area contributed by atoms with E-state index in [0.717, 1.165) is 52.1 Å². The highest BCUT2D eigenvalue weighted by Gasteiger charge is 2.26. The number of carbonyl (C=O) groups is 1. The first-order chi connectivity index (χ1) is 13.8. The summed E-state index contributed by atoms with van der Waals surface area (Å²) in [6, 6.07) is 12.5. The van der Waals surface area contributed by atoms with Gasteiger partial charge >= 0.3 is 0 Å². The standard InChI is InChI=1S/C21H28N6O/c28-20(27-14-12-26(13-15-27)19-7-2-1-3-8-19)17-25-11-4-6-18(16-25)24-21-22-9-5-10-23-21/h1-3,5,7-10,18H,4,6,11-17H2,(H,22,23,24). The van der Waals surface area contributed by atoms with Crippen LogP contribution in [0.2, 0.25) is 0 Å². The Balaban J connectivity index is 1.24. The fourth-order valence-electron chi connectivity index (χ4n) is 4.02. The van der Waals surface area contributed by atoms with Gasteiger partial charge in [-0.25, -0.2) is 9.97 Å². The van der Waals surface area contributed by atoms with E-state index in [9.17, 15) is 4.79 Å². The lowest BCUT2D eigenvalue weighted by molar-refractivity contribution is -0.133. The normalized spacial score (nSPS) is 20.8. The summed E-state index contributed by atoms with van der Waals surface area (Å²) in [7, 11) is 0. The molecule has 0 aliphatic carbocycles. The molecule has 0 bridgehead atoms. The molecule has 1 aromatic carbocycles. The molecule has 7 heteroatoms. The molecule has 1 amide bonds. The fraction of sp³-hybridized carbons (Fsp3) is 0.476. The average Bonchev–Trinajstić information content (AvgIpc) is 2.75. The van der Waals surface area contributed by atoms with Crippen LogP contribution in [0, 0.1) is 0 Å². The third kappa shape index (κ3) is 4.78. The van der Waals surface area contributed by atoms with Crippen LogP contribution in [-0.4, -0.2) is 77.5 Å². The summed E-state index contributed by atoms with van der Waals surface area (Å²) in [5, 5.41) is 3.39. The summed E-state index contributed by atoms with van der Waals surface area (Å²) < 4.78 is 0. The Hall–Kier alpha value is -2.67. The minimum atomic E-state index is 0.240. The second-order valence-corrected chi connectivity index (χ2v) is 7.49. The van der Waals surface area contributed by atoms with E-state index in [1.807, 2.05) is 17.0 Å². The molecular weight excluding hydrogens is 352 g/mol. The number of para-hydroxylation sites is 1. The highest BCUT2D eigenvalue weighted by molar-refractivity contribution is 5.78. The number of benzene rings is 1. The lowest BCUT2D eigenvalue weighted by Gasteiger charge is -2.38. The van der Waals surface area contributed by atoms with Crippen LogP contribution in [-0.2, 0) is 4.79 Å². The van der Waals surface area contributed by atoms with Gasteiger partial charge in [0.2, 0.25) is 11.9 Å². The van der Waals surface area contributed by atoms with Gasteiger partial charge in [-0.05, 0) is 37.6 Å². The second kappa shape index (κ2) is 9.01. The van der Waals surface area contributed by atoms with Crippen LogP contribution >= 0.6 is 0 Å². The molecule has 28 heavy (non-hydrogen) atoms. The van der Waals surface area contributed by atoms with Crippen LogP contribution in [0.25, 0.3) is 0 Å². The predicted molar refractivity (Wildman–Crippen MR) is 110 cm³/mol. The van der Waals surface area contributed by atoms with E-state index in [0.29, 0.717) is 18.5 Å². The largest absolute Gasteiger partial charge is 0.368 e. The Morgan fingerprint density at radius 3 is 2.50 bits per heavy atom. The maximum absolute atomic E-state index is 12.8. The van der Waals surface area contributed by atoms with Gasteiger partial charge in [0.15, 0.2) is 0 Å². The van der Waals surface area contributed by atoms with Crippen LogP contribution in [0.4, 0.5) is 11.6 Å². The summed E-state index contributed by atoms with van der Waals surface area (Å²) in [6.07, 6.45) is 5.65. The maximum Gasteiger partial charge on any atom is 0.236 e. The van der Waals surface area contributed by atoms with E-state index in [4.69, 9.17) is 0 Å². The number of nitrogens with one attached hydrogen (secondary N) is 1. The zero-order valence-corrected chi connectivity index (χ0v) is 16.2. The first-order valence-corrected chi connectivity index (χ1v) is 10.1. The molecule has 3 heterocycles. The number of hydrogen-bond donors (Lipinski definition) is 1. The second-order valence-electron chi connectivity index (χ2n) is 7.49. The zero-order chi connectivity index (χ0) is 19.2. The monoisotopic (exact) mass is 380 g/mol. The van der Waals surface area contributed by atoms with Gasteiger partial charge in [0.25, 0.3) is 0 Å². The van der Waals surface area contributed by atoms with Gasteiger partial charge in [0.05, 0.1) is 6.54 Å². The summed E-state index contributed by atoms with van der Waals surface area (Å²) in [5.41, 5.74) is 1.24. The molecule has 2 aliphatic rings. The number of likely N-dealkylation sites (tertiary alicyclic amines) is 1. The molecule has 1 unspecified atom stereocenters. The van der Waals surface area contributed by atoms with Crippen LogP contribution in [0.15, 0.2) is 48.8 Å². The van der Waals surface area contributed by atoms with Gasteiger partial charge in [-0.3, -0.25) is 9.69 Å². The number of carbonyl (C=O) groups excluding carboxylic acids is 1. The third-order valence-electron chi connectivity index (χ3n) is 5.52. The Bertz CT molecular complexity index is 748. The molecule has 1 N–H and O–H groups in total. The van der Waals surface area contributed by atoms with Gasteiger partial charge < -0.3 is 15.1 Å². The zero-order valence-electron chi connectivity index (χ0n) is 16.2. The van der Waals surface area contributed by atoms with E-state index in [1.165, 1.54) is 5.69 Å². The van der Waals surface area contributed by atoms with Crippen molar-refractivity contribution in [1.29, 1.82) is 0 Å². The highest BCUT2D eigenvalue weighted by atomic mass is 16.2. The van der Waals surface area contributed by atoms with Crippen LogP contribution in [0.5, 0.6) is 0 Å². The molecule has 2 aliphatic heterocycles. The van der Waals surface area contributed by atoms with Gasteiger partial charge in [-0.15, -0.1) is 0 Å². The van der Waals surface area contributed by atoms with Crippen molar-refractivity contribution in [2.45, 2.75) is 18.9 Å². The molecule has 2 fully saturated rings. The van der Waals surface area contributed by atoms with Crippen LogP contribution in [0.1, 0.15) is 12.8 Å². The van der Waals surface area contributed by atoms with Crippen molar-refractivity contribution in [2.24, 2.45) is 0 Å². The summed E-state index contributed by atoms with van der Waals surface area (Å²) in [5.74, 6) is 0.905. The molecule has 148 valence electrons. The molecule has 0 saturated carbocycles. The Morgan fingerprint density at radius 1 is 1.00 bits per heavy atom. The van der Waals surface area contributed by atoms with Gasteiger partial charge in [0, 0.05) is 56.8 Å². The summed E-state index contributed by atoms with van der Waals surface area (Å²) in [6.45, 7) is 5.70. The maximum atomic E-state index is 12.8. The van der Waals surface area contributed by atoms with Crippen LogP contribution in [0.3, 0.4) is 0 Å². The molecular formula is C21H28N6O. The molecule has 0 radical (unpaired) electrons. The molecule has 0 spiro atoms. The van der Waals surface area contributed by atoms with Crippen LogP contribution < -0.4 is 10.2 Å². The SMILES string of the molecule is O=C(CN1CCCC(Nc2ncccn2)C1)N1CCN(c2ccccc2)CC1. The third-order valence-corrected chi connectivity index (χ3v) is 5.52. The van der Waals surface area contributed by atoms with Crippen molar-refractivity contribution < 1.29 is 4.79 Å². The average molecular weight is 380 g/mol. The number of rotatable bonds is 5. The van der Waals surface area contributed by atoms with E-state index >= 15 is 0 Å². The van der Waals surface area contributed by atoms with Crippen molar-refractivity contribution in [2.75, 3.05) is 56.0 Å². The van der Waals surface area contributed by atoms with Crippen molar-refractivity contribution in [1.82, 2.24) is 19.8 Å². The first-order valence-electron chi connectivity index (χ1n) is 10.1. The molecule has 1 atom stereocenters. The fourth-order valence-corrected chi connectivity index (χ4v) is 4.02. The number of piperazine rings is 1. The number of anilines is 2. The lowest BCUT2D eigenvalue weighted by atomic mass is 10.1. The number of amides is 1. The Labute approximate surface area is 166 Å². The van der Waals surface area contributed by atoms with Gasteiger partial charge in [-0.1, -0.05) is 18.2 Å². The summed E-state index contributed by atoms with van der Waals surface area (Å²) in [4.78, 5) is 27.9. The summed E-state index contributed by atoms with van der Waals surface area (Å²) >= 11 is 0. The lowest BCUT2D eigenvalue weighted by Crippen LogP contribution is -2.53. The molecule has 2 aromatic rings. The van der Waals surface area contributed by atoms with Crippen molar-refractivity contribution in [3.05, 3.63) is 48.8 Å². The van der Waals surface area contributed by atoms with E-state index < -0.39 is 0 Å². The minimum absolute atomic E-state index is 0.240. The number of hydrogen-bond acceptors (Lipinski definition) is 6. The highest BCUT2D eigenvalue weighted by Crippen LogP contribution is 2.17. The topological polar surface area (TPSA) is 64.6 Å². The van der Waals surface area contributed by atoms with E-state index in [-0.39, 0.29) is 5.91 Å². The number of aromatic nitrogens is 2. The number of piperidine rings is 1.